The van der Waals surface area contributed by atoms with Crippen LogP contribution >= 0.6 is 23.5 Å². The van der Waals surface area contributed by atoms with Crippen molar-refractivity contribution in [2.45, 2.75) is 24.6 Å². The number of hydrogen-bond acceptors (Lipinski definition) is 13. The van der Waals surface area contributed by atoms with E-state index in [9.17, 15) is 28.8 Å². The molecule has 40 heavy (non-hydrogen) atoms. The van der Waals surface area contributed by atoms with Crippen LogP contribution in [0.4, 0.5) is 9.59 Å². The highest BCUT2D eigenvalue weighted by Crippen LogP contribution is 2.27. The van der Waals surface area contributed by atoms with Crippen LogP contribution in [0.25, 0.3) is 0 Å². The largest absolute Gasteiger partial charge is 0.467 e. The number of ether oxygens (including phenoxy) is 5. The zero-order chi connectivity index (χ0) is 29.5. The third-order valence-electron chi connectivity index (χ3n) is 4.80. The van der Waals surface area contributed by atoms with Gasteiger partial charge in [-0.25, -0.2) is 24.0 Å². The summed E-state index contributed by atoms with van der Waals surface area (Å²) in [5.74, 6) is -3.24. The highest BCUT2D eigenvalue weighted by molar-refractivity contribution is 8.15. The Morgan fingerprint density at radius 3 is 1.70 bits per heavy atom. The van der Waals surface area contributed by atoms with Crippen molar-refractivity contribution in [2.24, 2.45) is 0 Å². The summed E-state index contributed by atoms with van der Waals surface area (Å²) in [6.07, 6.45) is 0. The molecule has 0 fully saturated rings. The monoisotopic (exact) mass is 593 g/mol. The fourth-order valence-corrected chi connectivity index (χ4v) is 4.03. The van der Waals surface area contributed by atoms with Crippen LogP contribution in [-0.2, 0) is 33.3 Å². The van der Waals surface area contributed by atoms with Gasteiger partial charge >= 0.3 is 28.5 Å². The Labute approximate surface area is 238 Å². The third-order valence-corrected chi connectivity index (χ3v) is 6.63. The molecule has 0 saturated carbocycles. The Balaban J connectivity index is 1.78. The van der Waals surface area contributed by atoms with Crippen molar-refractivity contribution in [3.63, 3.8) is 0 Å². The minimum atomic E-state index is -1.43. The molecular formula is C26H27NO11S2. The lowest BCUT2D eigenvalue weighted by molar-refractivity contribution is -0.144. The highest BCUT2D eigenvalue weighted by atomic mass is 32.2. The van der Waals surface area contributed by atoms with Gasteiger partial charge in [-0.05, 0) is 61.6 Å². The smallest absolute Gasteiger partial charge is 0.371 e. The van der Waals surface area contributed by atoms with Gasteiger partial charge in [-0.3, -0.25) is 4.79 Å². The van der Waals surface area contributed by atoms with E-state index in [0.717, 1.165) is 7.11 Å². The molecule has 1 atom stereocenters. The first kappa shape index (κ1) is 32.2. The van der Waals surface area contributed by atoms with Crippen LogP contribution in [-0.4, -0.2) is 71.7 Å². The van der Waals surface area contributed by atoms with Crippen LogP contribution in [0.2, 0.25) is 0 Å². The van der Waals surface area contributed by atoms with Crippen molar-refractivity contribution < 1.29 is 52.5 Å². The fourth-order valence-electron chi connectivity index (χ4n) is 2.70. The van der Waals surface area contributed by atoms with Crippen molar-refractivity contribution in [1.29, 1.82) is 0 Å². The van der Waals surface area contributed by atoms with Crippen molar-refractivity contribution in [3.05, 3.63) is 71.8 Å². The average Bonchev–Trinajstić information content (AvgIpc) is 2.95. The SMILES string of the molecule is COC(=O)[C@H](CSC(=O)OCOC(=O)c1ccccc1)NC(=O)C(C)(C)SC(=O)OCOC(=O)c1ccccc1. The number of rotatable bonds is 12. The van der Waals surface area contributed by atoms with Gasteiger partial charge in [0.2, 0.25) is 19.5 Å². The molecule has 1 amide bonds. The van der Waals surface area contributed by atoms with Crippen LogP contribution in [0.1, 0.15) is 34.6 Å². The predicted octanol–water partition coefficient (Wildman–Crippen LogP) is 3.79. The summed E-state index contributed by atoms with van der Waals surface area (Å²) in [6.45, 7) is 1.49. The summed E-state index contributed by atoms with van der Waals surface area (Å²) >= 11 is 1.03. The second-order valence-electron chi connectivity index (χ2n) is 8.09. The molecule has 2 rings (SSSR count). The average molecular weight is 594 g/mol. The Kier molecular flexibility index (Phi) is 13.0. The second-order valence-corrected chi connectivity index (χ2v) is 10.6. The number of carbonyl (C=O) groups is 6. The highest BCUT2D eigenvalue weighted by Gasteiger charge is 2.36. The molecule has 0 aliphatic heterocycles. The molecule has 1 N–H and O–H groups in total. The van der Waals surface area contributed by atoms with Gasteiger partial charge < -0.3 is 29.0 Å². The summed E-state index contributed by atoms with van der Waals surface area (Å²) in [5.41, 5.74) is 0.548. The van der Waals surface area contributed by atoms with E-state index in [-0.39, 0.29) is 16.9 Å². The summed E-state index contributed by atoms with van der Waals surface area (Å²) < 4.78 is 22.7. The van der Waals surface area contributed by atoms with Crippen LogP contribution in [0.3, 0.4) is 0 Å². The number of esters is 3. The first-order valence-electron chi connectivity index (χ1n) is 11.5. The zero-order valence-corrected chi connectivity index (χ0v) is 23.4. The van der Waals surface area contributed by atoms with Crippen LogP contribution < -0.4 is 5.32 Å². The number of nitrogens with one attached hydrogen (secondary N) is 1. The molecule has 0 aromatic heterocycles. The Morgan fingerprint density at radius 2 is 1.23 bits per heavy atom. The minimum absolute atomic E-state index is 0.273. The number of benzene rings is 2. The number of methoxy groups -OCH3 is 1. The van der Waals surface area contributed by atoms with Gasteiger partial charge in [0.15, 0.2) is 0 Å². The molecule has 0 heterocycles. The molecule has 0 bridgehead atoms. The third kappa shape index (κ3) is 11.0. The topological polar surface area (TPSA) is 161 Å². The number of amides is 1. The number of thioether (sulfide) groups is 2. The summed E-state index contributed by atoms with van der Waals surface area (Å²) in [6, 6.07) is 14.9. The molecule has 0 radical (unpaired) electrons. The van der Waals surface area contributed by atoms with Crippen LogP contribution in [0, 0.1) is 0 Å². The van der Waals surface area contributed by atoms with Crippen LogP contribution in [0.5, 0.6) is 0 Å². The Hall–Kier alpha value is -4.04. The molecule has 214 valence electrons. The maximum atomic E-state index is 12.8. The molecule has 0 aliphatic carbocycles. The molecule has 2 aromatic rings. The lowest BCUT2D eigenvalue weighted by atomic mass is 10.2. The molecular weight excluding hydrogens is 566 g/mol. The van der Waals surface area contributed by atoms with Crippen molar-refractivity contribution in [2.75, 3.05) is 26.4 Å². The van der Waals surface area contributed by atoms with E-state index < -0.39 is 58.8 Å². The molecule has 12 nitrogen and oxygen atoms in total. The fraction of sp³-hybridized carbons (Fsp3) is 0.308. The van der Waals surface area contributed by atoms with Gasteiger partial charge in [0.1, 0.15) is 6.04 Å². The predicted molar refractivity (Wildman–Crippen MR) is 144 cm³/mol. The molecule has 0 unspecified atom stereocenters. The van der Waals surface area contributed by atoms with Crippen molar-refractivity contribution in [3.8, 4) is 0 Å². The van der Waals surface area contributed by atoms with Crippen LogP contribution in [0.15, 0.2) is 60.7 Å². The van der Waals surface area contributed by atoms with Gasteiger partial charge in [0.05, 0.1) is 23.0 Å². The molecule has 0 saturated heterocycles. The van der Waals surface area contributed by atoms with E-state index in [1.54, 1.807) is 36.4 Å². The van der Waals surface area contributed by atoms with Crippen molar-refractivity contribution in [1.82, 2.24) is 5.32 Å². The molecule has 0 aliphatic rings. The van der Waals surface area contributed by atoms with Gasteiger partial charge in [0.25, 0.3) is 0 Å². The maximum absolute atomic E-state index is 12.8. The summed E-state index contributed by atoms with van der Waals surface area (Å²) in [4.78, 5) is 73.0. The van der Waals surface area contributed by atoms with Gasteiger partial charge in [0, 0.05) is 5.75 Å². The van der Waals surface area contributed by atoms with E-state index in [0.29, 0.717) is 23.5 Å². The number of carbonyl (C=O) groups excluding carboxylic acids is 6. The summed E-state index contributed by atoms with van der Waals surface area (Å²) in [5, 5.41) is 0.646. The van der Waals surface area contributed by atoms with E-state index in [4.69, 9.17) is 18.9 Å². The standard InChI is InChI=1S/C26H27NO11S2/c1-26(2,40-25(33)38-16-36-21(29)18-12-8-5-9-13-18)23(31)27-19(22(30)34-3)14-39-24(32)37-15-35-20(28)17-10-6-4-7-11-17/h4-13,19H,14-16H2,1-3H3,(H,27,31)/t19-/m0/s1. The summed E-state index contributed by atoms with van der Waals surface area (Å²) in [7, 11) is 1.10. The zero-order valence-electron chi connectivity index (χ0n) is 21.8. The molecule has 0 spiro atoms. The van der Waals surface area contributed by atoms with Crippen molar-refractivity contribution >= 4 is 57.9 Å². The van der Waals surface area contributed by atoms with E-state index in [1.807, 2.05) is 0 Å². The van der Waals surface area contributed by atoms with Gasteiger partial charge in [-0.1, -0.05) is 36.4 Å². The first-order chi connectivity index (χ1) is 19.0. The maximum Gasteiger partial charge on any atom is 0.371 e. The Bertz CT molecular complexity index is 1190. The molecule has 14 heteroatoms. The quantitative estimate of drug-likeness (QED) is 0.215. The normalized spacial score (nSPS) is 11.4. The molecule has 2 aromatic carbocycles. The van der Waals surface area contributed by atoms with Gasteiger partial charge in [-0.2, -0.15) is 0 Å². The Morgan fingerprint density at radius 1 is 0.750 bits per heavy atom. The van der Waals surface area contributed by atoms with Gasteiger partial charge in [-0.15, -0.1) is 0 Å². The number of hydrogen-bond donors (Lipinski definition) is 1. The second kappa shape index (κ2) is 16.2. The lowest BCUT2D eigenvalue weighted by Crippen LogP contribution is -2.50. The first-order valence-corrected chi connectivity index (χ1v) is 13.3. The van der Waals surface area contributed by atoms with E-state index in [1.165, 1.54) is 38.1 Å². The van der Waals surface area contributed by atoms with E-state index >= 15 is 0 Å². The minimum Gasteiger partial charge on any atom is -0.467 e. The lowest BCUT2D eigenvalue weighted by Gasteiger charge is -2.24. The van der Waals surface area contributed by atoms with E-state index in [2.05, 4.69) is 10.1 Å².